The minimum Gasteiger partial charge on any atom is -0.359 e. The highest BCUT2D eigenvalue weighted by Crippen LogP contribution is 2.07. The second kappa shape index (κ2) is 8.53. The van der Waals surface area contributed by atoms with E-state index >= 15 is 0 Å². The summed E-state index contributed by atoms with van der Waals surface area (Å²) in [5, 5.41) is 3.42. The van der Waals surface area contributed by atoms with Crippen LogP contribution in [0.4, 0.5) is 0 Å². The number of amides is 1. The molecule has 0 radical (unpaired) electrons. The van der Waals surface area contributed by atoms with Crippen molar-refractivity contribution in [3.8, 4) is 0 Å². The fourth-order valence-corrected chi connectivity index (χ4v) is 1.97. The topological polar surface area (TPSA) is 53.2 Å². The molecule has 0 aliphatic carbocycles. The maximum atomic E-state index is 11.7. The number of hydrazine groups is 1. The van der Waals surface area contributed by atoms with Gasteiger partial charge in [-0.3, -0.25) is 15.6 Å². The normalized spacial score (nSPS) is 10.2. The lowest BCUT2D eigenvalue weighted by Crippen LogP contribution is -2.48. The van der Waals surface area contributed by atoms with Gasteiger partial charge in [0.1, 0.15) is 0 Å². The van der Waals surface area contributed by atoms with Gasteiger partial charge in [0.05, 0.1) is 0 Å². The van der Waals surface area contributed by atoms with Gasteiger partial charge < -0.3 is 5.32 Å². The number of rotatable bonds is 5. The molecule has 0 atom stereocenters. The van der Waals surface area contributed by atoms with Crippen molar-refractivity contribution in [2.45, 2.75) is 46.1 Å². The number of nitrogens with one attached hydrogen (secondary N) is 3. The number of hydrogen-bond donors (Lipinski definition) is 3. The minimum atomic E-state index is -0.0718. The molecule has 0 unspecified atom stereocenters. The standard InChI is InChI=1S/C15H23N3OS/c1-4-12-5-7-13(8-6-12)9-10-14(19)17-18-15(20)16-11(2)3/h5-8,11H,4,9-10H2,1-3H3,(H,17,19)(H2,16,18,20). The third-order valence-electron chi connectivity index (χ3n) is 2.81. The summed E-state index contributed by atoms with van der Waals surface area (Å²) >= 11 is 5.02. The highest BCUT2D eigenvalue weighted by molar-refractivity contribution is 7.80. The Morgan fingerprint density at radius 2 is 1.75 bits per heavy atom. The van der Waals surface area contributed by atoms with E-state index in [9.17, 15) is 4.79 Å². The monoisotopic (exact) mass is 293 g/mol. The quantitative estimate of drug-likeness (QED) is 0.575. The van der Waals surface area contributed by atoms with E-state index in [1.807, 2.05) is 13.8 Å². The van der Waals surface area contributed by atoms with Crippen LogP contribution in [0.5, 0.6) is 0 Å². The molecular formula is C15H23N3OS. The summed E-state index contributed by atoms with van der Waals surface area (Å²) in [6, 6.07) is 8.60. The summed E-state index contributed by atoms with van der Waals surface area (Å²) in [6.07, 6.45) is 2.19. The Morgan fingerprint density at radius 1 is 1.15 bits per heavy atom. The predicted octanol–water partition coefficient (Wildman–Crippen LogP) is 2.09. The van der Waals surface area contributed by atoms with Crippen LogP contribution in [0, 0.1) is 0 Å². The predicted molar refractivity (Wildman–Crippen MR) is 86.3 cm³/mol. The number of aryl methyl sites for hydroxylation is 2. The third-order valence-corrected chi connectivity index (χ3v) is 3.03. The Bertz CT molecular complexity index is 443. The molecule has 4 nitrogen and oxygen atoms in total. The summed E-state index contributed by atoms with van der Waals surface area (Å²) < 4.78 is 0. The number of carbonyl (C=O) groups excluding carboxylic acids is 1. The van der Waals surface area contributed by atoms with Crippen molar-refractivity contribution in [3.05, 3.63) is 35.4 Å². The number of carbonyl (C=O) groups is 1. The Balaban J connectivity index is 2.27. The third kappa shape index (κ3) is 6.52. The first-order valence-electron chi connectivity index (χ1n) is 6.94. The van der Waals surface area contributed by atoms with Gasteiger partial charge in [0.2, 0.25) is 5.91 Å². The SMILES string of the molecule is CCc1ccc(CCC(=O)NNC(=S)NC(C)C)cc1. The average Bonchev–Trinajstić information content (AvgIpc) is 2.42. The zero-order valence-electron chi connectivity index (χ0n) is 12.3. The van der Waals surface area contributed by atoms with Crippen molar-refractivity contribution < 1.29 is 4.79 Å². The van der Waals surface area contributed by atoms with E-state index in [-0.39, 0.29) is 11.9 Å². The van der Waals surface area contributed by atoms with Crippen LogP contribution in [0.2, 0.25) is 0 Å². The molecule has 5 heteroatoms. The molecule has 0 aliphatic heterocycles. The smallest absolute Gasteiger partial charge is 0.238 e. The van der Waals surface area contributed by atoms with E-state index in [1.54, 1.807) is 0 Å². The zero-order valence-corrected chi connectivity index (χ0v) is 13.1. The van der Waals surface area contributed by atoms with Gasteiger partial charge in [0.25, 0.3) is 0 Å². The lowest BCUT2D eigenvalue weighted by Gasteiger charge is -2.13. The summed E-state index contributed by atoms with van der Waals surface area (Å²) in [5.41, 5.74) is 7.75. The molecule has 1 aromatic carbocycles. The van der Waals surface area contributed by atoms with Crippen LogP contribution in [-0.4, -0.2) is 17.1 Å². The second-order valence-corrected chi connectivity index (χ2v) is 5.38. The van der Waals surface area contributed by atoms with Crippen molar-refractivity contribution in [2.24, 2.45) is 0 Å². The van der Waals surface area contributed by atoms with Gasteiger partial charge in [-0.2, -0.15) is 0 Å². The first-order chi connectivity index (χ1) is 9.51. The van der Waals surface area contributed by atoms with E-state index in [4.69, 9.17) is 12.2 Å². The molecule has 0 bridgehead atoms. The van der Waals surface area contributed by atoms with Gasteiger partial charge in [-0.25, -0.2) is 0 Å². The van der Waals surface area contributed by atoms with Gasteiger partial charge in [-0.15, -0.1) is 0 Å². The molecule has 0 spiro atoms. The Kier molecular flexibility index (Phi) is 7.01. The number of hydrogen-bond acceptors (Lipinski definition) is 2. The van der Waals surface area contributed by atoms with Crippen LogP contribution in [0.1, 0.15) is 38.3 Å². The summed E-state index contributed by atoms with van der Waals surface area (Å²) in [4.78, 5) is 11.7. The maximum absolute atomic E-state index is 11.7. The summed E-state index contributed by atoms with van der Waals surface area (Å²) in [5.74, 6) is -0.0718. The molecule has 0 aromatic heterocycles. The van der Waals surface area contributed by atoms with Crippen molar-refractivity contribution in [1.82, 2.24) is 16.2 Å². The fourth-order valence-electron chi connectivity index (χ4n) is 1.69. The van der Waals surface area contributed by atoms with E-state index in [2.05, 4.69) is 47.4 Å². The molecule has 20 heavy (non-hydrogen) atoms. The van der Waals surface area contributed by atoms with Crippen LogP contribution in [-0.2, 0) is 17.6 Å². The summed E-state index contributed by atoms with van der Waals surface area (Å²) in [6.45, 7) is 6.09. The highest BCUT2D eigenvalue weighted by Gasteiger charge is 2.03. The molecule has 1 amide bonds. The number of thiocarbonyl (C=S) groups is 1. The lowest BCUT2D eigenvalue weighted by molar-refractivity contribution is -0.121. The van der Waals surface area contributed by atoms with Crippen LogP contribution >= 0.6 is 12.2 Å². The molecule has 0 saturated heterocycles. The first-order valence-corrected chi connectivity index (χ1v) is 7.35. The second-order valence-electron chi connectivity index (χ2n) is 4.97. The van der Waals surface area contributed by atoms with Crippen molar-refractivity contribution in [2.75, 3.05) is 0 Å². The first kappa shape index (κ1) is 16.4. The van der Waals surface area contributed by atoms with Crippen LogP contribution in [0.25, 0.3) is 0 Å². The molecule has 1 aromatic rings. The molecule has 110 valence electrons. The molecule has 3 N–H and O–H groups in total. The van der Waals surface area contributed by atoms with Crippen LogP contribution < -0.4 is 16.2 Å². The number of benzene rings is 1. The Labute approximate surface area is 126 Å². The van der Waals surface area contributed by atoms with Gasteiger partial charge in [-0.1, -0.05) is 31.2 Å². The van der Waals surface area contributed by atoms with Crippen LogP contribution in [0.3, 0.4) is 0 Å². The van der Waals surface area contributed by atoms with Gasteiger partial charge in [0, 0.05) is 12.5 Å². The van der Waals surface area contributed by atoms with Gasteiger partial charge in [0.15, 0.2) is 5.11 Å². The molecule has 0 aliphatic rings. The Morgan fingerprint density at radius 3 is 2.30 bits per heavy atom. The largest absolute Gasteiger partial charge is 0.359 e. The van der Waals surface area contributed by atoms with E-state index in [1.165, 1.54) is 11.1 Å². The van der Waals surface area contributed by atoms with Crippen molar-refractivity contribution in [1.29, 1.82) is 0 Å². The fraction of sp³-hybridized carbons (Fsp3) is 0.467. The van der Waals surface area contributed by atoms with Crippen LogP contribution in [0.15, 0.2) is 24.3 Å². The Hall–Kier alpha value is -1.62. The summed E-state index contributed by atoms with van der Waals surface area (Å²) in [7, 11) is 0. The van der Waals surface area contributed by atoms with E-state index < -0.39 is 0 Å². The lowest BCUT2D eigenvalue weighted by atomic mass is 10.1. The average molecular weight is 293 g/mol. The van der Waals surface area contributed by atoms with E-state index in [0.717, 1.165) is 12.8 Å². The zero-order chi connectivity index (χ0) is 15.0. The molecule has 0 heterocycles. The van der Waals surface area contributed by atoms with E-state index in [0.29, 0.717) is 11.5 Å². The molecule has 0 fully saturated rings. The van der Waals surface area contributed by atoms with Gasteiger partial charge >= 0.3 is 0 Å². The molecular weight excluding hydrogens is 270 g/mol. The van der Waals surface area contributed by atoms with Crippen molar-refractivity contribution in [3.63, 3.8) is 0 Å². The highest BCUT2D eigenvalue weighted by atomic mass is 32.1. The molecule has 1 rings (SSSR count). The van der Waals surface area contributed by atoms with Crippen molar-refractivity contribution >= 4 is 23.2 Å². The maximum Gasteiger partial charge on any atom is 0.238 e. The minimum absolute atomic E-state index is 0.0718. The van der Waals surface area contributed by atoms with Gasteiger partial charge in [-0.05, 0) is 50.0 Å². The molecule has 0 saturated carbocycles.